The summed E-state index contributed by atoms with van der Waals surface area (Å²) >= 11 is 7.81. The maximum Gasteiger partial charge on any atom is 0.328 e. The Morgan fingerprint density at radius 3 is 2.56 bits per heavy atom. The normalized spacial score (nSPS) is 28.2. The maximum absolute atomic E-state index is 14.8. The van der Waals surface area contributed by atoms with Crippen LogP contribution < -0.4 is 10.6 Å². The summed E-state index contributed by atoms with van der Waals surface area (Å²) in [6.45, 7) is 3.75. The molecule has 13 heteroatoms. The summed E-state index contributed by atoms with van der Waals surface area (Å²) in [6, 6.07) is 12.8. The summed E-state index contributed by atoms with van der Waals surface area (Å²) in [5.74, 6) is -5.79. The number of primary amides is 1. The molecule has 4 aliphatic rings. The zero-order valence-electron chi connectivity index (χ0n) is 26.1. The molecule has 2 aliphatic carbocycles. The first-order valence-electron chi connectivity index (χ1n) is 15.6. The van der Waals surface area contributed by atoms with Gasteiger partial charge in [-0.25, -0.2) is 9.69 Å². The van der Waals surface area contributed by atoms with Crippen molar-refractivity contribution >= 4 is 68.5 Å². The molecule has 1 saturated carbocycles. The van der Waals surface area contributed by atoms with Crippen molar-refractivity contribution in [2.75, 3.05) is 4.90 Å². The zero-order chi connectivity index (χ0) is 34.0. The van der Waals surface area contributed by atoms with Crippen molar-refractivity contribution in [2.45, 2.75) is 32.6 Å². The van der Waals surface area contributed by atoms with Gasteiger partial charge in [0.1, 0.15) is 17.3 Å². The third-order valence-electron chi connectivity index (χ3n) is 10.9. The van der Waals surface area contributed by atoms with Crippen molar-refractivity contribution in [3.8, 4) is 16.3 Å². The number of hydrogen-bond donors (Lipinski definition) is 2. The number of phenols is 1. The molecule has 2 aliphatic heterocycles. The lowest BCUT2D eigenvalue weighted by atomic mass is 9.51. The van der Waals surface area contributed by atoms with Gasteiger partial charge >= 0.3 is 6.03 Å². The van der Waals surface area contributed by atoms with Gasteiger partial charge < -0.3 is 10.8 Å². The van der Waals surface area contributed by atoms with Gasteiger partial charge in [-0.2, -0.15) is 10.00 Å². The molecule has 0 bridgehead atoms. The molecule has 4 heterocycles. The number of phenolic OH excluding ortho intramolecular Hbond substituents is 1. The predicted molar refractivity (Wildman–Crippen MR) is 178 cm³/mol. The molecule has 6 unspecified atom stereocenters. The molecule has 0 spiro atoms. The van der Waals surface area contributed by atoms with E-state index in [4.69, 9.17) is 22.4 Å². The van der Waals surface area contributed by atoms with Crippen LogP contribution in [0.3, 0.4) is 0 Å². The number of urea groups is 1. The number of rotatable bonds is 3. The molecular formula is C35H30ClN5O6S. The molecule has 6 atom stereocenters. The fourth-order valence-electron chi connectivity index (χ4n) is 8.75. The van der Waals surface area contributed by atoms with E-state index >= 15 is 0 Å². The van der Waals surface area contributed by atoms with Gasteiger partial charge in [0.2, 0.25) is 23.6 Å². The van der Waals surface area contributed by atoms with E-state index in [0.717, 1.165) is 26.1 Å². The first kappa shape index (κ1) is 30.5. The lowest BCUT2D eigenvalue weighted by Gasteiger charge is -2.49. The van der Waals surface area contributed by atoms with Gasteiger partial charge in [0, 0.05) is 28.8 Å². The van der Waals surface area contributed by atoms with E-state index in [9.17, 15) is 29.1 Å². The molecular weight excluding hydrogens is 654 g/mol. The molecule has 48 heavy (non-hydrogen) atoms. The number of allylic oxidation sites excluding steroid dienone is 2. The molecule has 244 valence electrons. The number of carbonyl (C=O) groups excluding carboxylic acids is 5. The standard InChI is InChI=1S/C35H30ClN5O6S/c1-15-21-12-17(36)7-10-25(21)48-29(15)24-14-26(39(3)38-24)40-31(44)23-13-22-19(8-9-20-27(22)32(45)41(30(20)43)34(37)47)28(35(23,2)33(40)46)16-5-4-6-18(42)11-16/h4-8,10-12,14,20,22-23,27-28,42H,9,13H2,1-3H3,(H2,37,47). The number of nitrogens with two attached hydrogens (primary N) is 1. The molecule has 3 N–H and O–H groups in total. The molecule has 0 radical (unpaired) electrons. The molecule has 11 nitrogen and oxygen atoms in total. The van der Waals surface area contributed by atoms with Gasteiger partial charge in [-0.05, 0) is 79.5 Å². The first-order valence-corrected chi connectivity index (χ1v) is 16.8. The number of thiophene rings is 1. The second kappa shape index (κ2) is 10.3. The second-order valence-electron chi connectivity index (χ2n) is 13.3. The van der Waals surface area contributed by atoms with E-state index in [1.807, 2.05) is 31.2 Å². The van der Waals surface area contributed by atoms with Gasteiger partial charge in [0.25, 0.3) is 0 Å². The minimum atomic E-state index is -1.30. The zero-order valence-corrected chi connectivity index (χ0v) is 27.7. The van der Waals surface area contributed by atoms with Crippen molar-refractivity contribution < 1.29 is 29.1 Å². The number of aryl methyl sites for hydroxylation is 2. The summed E-state index contributed by atoms with van der Waals surface area (Å²) < 4.78 is 2.56. The fourth-order valence-corrected chi connectivity index (χ4v) is 10.1. The summed E-state index contributed by atoms with van der Waals surface area (Å²) in [6.07, 6.45) is 2.17. The molecule has 3 fully saturated rings. The highest BCUT2D eigenvalue weighted by molar-refractivity contribution is 7.22. The Bertz CT molecular complexity index is 2190. The van der Waals surface area contributed by atoms with E-state index in [-0.39, 0.29) is 18.6 Å². The fraction of sp³-hybridized carbons (Fsp3) is 0.314. The average Bonchev–Trinajstić information content (AvgIpc) is 3.71. The largest absolute Gasteiger partial charge is 0.508 e. The lowest BCUT2D eigenvalue weighted by Crippen LogP contribution is -2.49. The van der Waals surface area contributed by atoms with Gasteiger partial charge in [-0.3, -0.25) is 23.9 Å². The minimum absolute atomic E-state index is 0.0130. The van der Waals surface area contributed by atoms with Crippen LogP contribution in [-0.4, -0.2) is 49.4 Å². The number of halogens is 1. The monoisotopic (exact) mass is 683 g/mol. The number of likely N-dealkylation sites (tertiary alicyclic amines) is 1. The Kier molecular flexibility index (Phi) is 6.58. The van der Waals surface area contributed by atoms with Crippen LogP contribution in [0.2, 0.25) is 5.02 Å². The maximum atomic E-state index is 14.8. The number of nitrogens with zero attached hydrogens (tertiary/aromatic N) is 4. The first-order chi connectivity index (χ1) is 22.8. The van der Waals surface area contributed by atoms with Gasteiger partial charge in [-0.1, -0.05) is 35.4 Å². The average molecular weight is 684 g/mol. The number of imide groups is 4. The third-order valence-corrected chi connectivity index (χ3v) is 12.4. The number of carbonyl (C=O) groups is 5. The highest BCUT2D eigenvalue weighted by Crippen LogP contribution is 2.63. The van der Waals surface area contributed by atoms with Crippen molar-refractivity contribution in [3.05, 3.63) is 76.3 Å². The van der Waals surface area contributed by atoms with Gasteiger partial charge in [0.15, 0.2) is 0 Å². The van der Waals surface area contributed by atoms with Crippen molar-refractivity contribution in [1.82, 2.24) is 14.7 Å². The van der Waals surface area contributed by atoms with Gasteiger partial charge in [0.05, 0.1) is 28.0 Å². The van der Waals surface area contributed by atoms with Crippen LogP contribution in [0.25, 0.3) is 20.7 Å². The number of amides is 6. The van der Waals surface area contributed by atoms with E-state index in [2.05, 4.69) is 0 Å². The summed E-state index contributed by atoms with van der Waals surface area (Å²) in [4.78, 5) is 70.9. The highest BCUT2D eigenvalue weighted by atomic mass is 35.5. The van der Waals surface area contributed by atoms with Crippen LogP contribution in [-0.2, 0) is 26.2 Å². The van der Waals surface area contributed by atoms with E-state index in [0.29, 0.717) is 27.0 Å². The van der Waals surface area contributed by atoms with E-state index < -0.39 is 64.7 Å². The summed E-state index contributed by atoms with van der Waals surface area (Å²) in [7, 11) is 1.68. The van der Waals surface area contributed by atoms with Crippen LogP contribution in [0, 0.1) is 36.0 Å². The topological polar surface area (TPSA) is 156 Å². The number of anilines is 1. The lowest BCUT2D eigenvalue weighted by molar-refractivity contribution is -0.136. The van der Waals surface area contributed by atoms with E-state index in [1.54, 1.807) is 49.6 Å². The highest BCUT2D eigenvalue weighted by Gasteiger charge is 2.68. The SMILES string of the molecule is Cc1c(-c2cc(N3C(=O)C4CC5C(=CCC6C(=O)N(C(N)=O)C(=O)C65)C(c5cccc(O)c5)C4(C)C3=O)n(C)n2)sc2ccc(Cl)cc12. The van der Waals surface area contributed by atoms with Crippen LogP contribution >= 0.6 is 22.9 Å². The quantitative estimate of drug-likeness (QED) is 0.220. The number of fused-ring (bicyclic) bond motifs is 5. The Morgan fingerprint density at radius 1 is 1.06 bits per heavy atom. The molecule has 2 aromatic carbocycles. The van der Waals surface area contributed by atoms with Gasteiger partial charge in [-0.15, -0.1) is 11.3 Å². The predicted octanol–water partition coefficient (Wildman–Crippen LogP) is 5.28. The molecule has 2 aromatic heterocycles. The number of hydrogen-bond acceptors (Lipinski definition) is 8. The van der Waals surface area contributed by atoms with Crippen molar-refractivity contribution in [2.24, 2.45) is 41.9 Å². The summed E-state index contributed by atoms with van der Waals surface area (Å²) in [5.41, 5.74) is 7.07. The smallest absolute Gasteiger partial charge is 0.328 e. The van der Waals surface area contributed by atoms with Crippen LogP contribution in [0.15, 0.2) is 60.2 Å². The molecule has 4 aromatic rings. The van der Waals surface area contributed by atoms with E-state index in [1.165, 1.54) is 15.6 Å². The molecule has 2 saturated heterocycles. The number of benzene rings is 2. The third kappa shape index (κ3) is 3.99. The Balaban J connectivity index is 1.25. The Hall–Kier alpha value is -4.81. The van der Waals surface area contributed by atoms with Crippen LogP contribution in [0.1, 0.15) is 36.8 Å². The Morgan fingerprint density at radius 2 is 1.83 bits per heavy atom. The molecule has 8 rings (SSSR count). The van der Waals surface area contributed by atoms with Crippen LogP contribution in [0.4, 0.5) is 10.6 Å². The van der Waals surface area contributed by atoms with Crippen LogP contribution in [0.5, 0.6) is 5.75 Å². The molecule has 6 amide bonds. The number of aromatic nitrogens is 2. The van der Waals surface area contributed by atoms with Crippen molar-refractivity contribution in [3.63, 3.8) is 0 Å². The minimum Gasteiger partial charge on any atom is -0.508 e. The number of aromatic hydroxyl groups is 1. The second-order valence-corrected chi connectivity index (χ2v) is 14.8. The Labute approximate surface area is 283 Å². The van der Waals surface area contributed by atoms with Crippen molar-refractivity contribution in [1.29, 1.82) is 0 Å². The summed E-state index contributed by atoms with van der Waals surface area (Å²) in [5, 5.41) is 16.9.